The Labute approximate surface area is 191 Å². The third-order valence-electron chi connectivity index (χ3n) is 4.57. The van der Waals surface area contributed by atoms with Crippen LogP contribution in [-0.2, 0) is 0 Å². The zero-order valence-electron chi connectivity index (χ0n) is 18.1. The van der Waals surface area contributed by atoms with E-state index in [1.807, 2.05) is 49.6 Å². The van der Waals surface area contributed by atoms with Gasteiger partial charge in [-0.1, -0.05) is 35.9 Å². The Balaban J connectivity index is 1.98. The molecule has 0 radical (unpaired) electrons. The number of thioether (sulfide) groups is 1. The van der Waals surface area contributed by atoms with E-state index in [4.69, 9.17) is 15.9 Å². The lowest BCUT2D eigenvalue weighted by atomic mass is 10.1. The number of ether oxygens (including phenoxy) is 2. The van der Waals surface area contributed by atoms with Gasteiger partial charge in [0.2, 0.25) is 6.54 Å². The van der Waals surface area contributed by atoms with Gasteiger partial charge in [-0.05, 0) is 56.2 Å². The minimum atomic E-state index is -0.516. The van der Waals surface area contributed by atoms with Crippen LogP contribution in [0.4, 0.5) is 0 Å². The van der Waals surface area contributed by atoms with Crippen molar-refractivity contribution in [3.8, 4) is 29.5 Å². The summed E-state index contributed by atoms with van der Waals surface area (Å²) in [6, 6.07) is 13.2. The highest BCUT2D eigenvalue weighted by Crippen LogP contribution is 2.39. The van der Waals surface area contributed by atoms with Gasteiger partial charge >= 0.3 is 0 Å². The van der Waals surface area contributed by atoms with Gasteiger partial charge in [-0.15, -0.1) is 16.6 Å². The molecular weight excluding hydrogens is 428 g/mol. The number of nitrogens with zero attached hydrogens (tertiary/aromatic N) is 4. The van der Waals surface area contributed by atoms with Gasteiger partial charge in [0.1, 0.15) is 17.7 Å². The first kappa shape index (κ1) is 23.2. The molecule has 9 heteroatoms. The molecule has 3 rings (SSSR count). The minimum absolute atomic E-state index is 0.103. The molecular formula is C23H24N4O4S. The predicted octanol–water partition coefficient (Wildman–Crippen LogP) is 4.40. The number of hydrogen-bond donors (Lipinski definition) is 0. The summed E-state index contributed by atoms with van der Waals surface area (Å²) in [7, 11) is 0. The molecule has 0 bridgehead atoms. The lowest BCUT2D eigenvalue weighted by molar-refractivity contribution is -0.479. The fourth-order valence-corrected chi connectivity index (χ4v) is 4.35. The number of hydrogen-bond acceptors (Lipinski definition) is 7. The molecule has 8 nitrogen and oxygen atoms in total. The predicted molar refractivity (Wildman–Crippen MR) is 123 cm³/mol. The van der Waals surface area contributed by atoms with Crippen molar-refractivity contribution in [2.24, 2.45) is 0 Å². The lowest BCUT2D eigenvalue weighted by Crippen LogP contribution is -2.12. The Hall–Kier alpha value is -3.51. The van der Waals surface area contributed by atoms with E-state index in [1.54, 1.807) is 18.2 Å². The number of nitro groups is 1. The van der Waals surface area contributed by atoms with Gasteiger partial charge in [0.25, 0.3) is 0 Å². The monoisotopic (exact) mass is 452 g/mol. The molecule has 3 aromatic rings. The van der Waals surface area contributed by atoms with Crippen LogP contribution in [-0.4, -0.2) is 39.4 Å². The van der Waals surface area contributed by atoms with Gasteiger partial charge in [0.15, 0.2) is 16.7 Å². The number of aromatic nitrogens is 3. The molecule has 0 unspecified atom stereocenters. The highest BCUT2D eigenvalue weighted by atomic mass is 32.2. The maximum Gasteiger partial charge on any atom is 0.220 e. The van der Waals surface area contributed by atoms with Crippen LogP contribution >= 0.6 is 11.8 Å². The van der Waals surface area contributed by atoms with Crippen molar-refractivity contribution < 1.29 is 14.4 Å². The van der Waals surface area contributed by atoms with Crippen LogP contribution in [0.3, 0.4) is 0 Å². The molecule has 0 fully saturated rings. The molecule has 1 aromatic heterocycles. The molecule has 0 aliphatic heterocycles. The average molecular weight is 453 g/mol. The Morgan fingerprint density at radius 2 is 2.00 bits per heavy atom. The van der Waals surface area contributed by atoms with E-state index in [1.165, 1.54) is 11.8 Å². The Morgan fingerprint density at radius 1 is 1.19 bits per heavy atom. The maximum absolute atomic E-state index is 11.5. The molecule has 0 saturated carbocycles. The maximum atomic E-state index is 11.5. The summed E-state index contributed by atoms with van der Waals surface area (Å²) in [6.07, 6.45) is 5.28. The largest absolute Gasteiger partial charge is 0.490 e. The number of benzene rings is 2. The van der Waals surface area contributed by atoms with E-state index < -0.39 is 5.25 Å². The molecule has 1 heterocycles. The van der Waals surface area contributed by atoms with Gasteiger partial charge in [-0.2, -0.15) is 0 Å². The second kappa shape index (κ2) is 10.7. The molecule has 2 aromatic carbocycles. The number of aryl methyl sites for hydroxylation is 2. The van der Waals surface area contributed by atoms with Crippen molar-refractivity contribution >= 4 is 11.8 Å². The summed E-state index contributed by atoms with van der Waals surface area (Å²) in [5, 5.41) is 20.0. The lowest BCUT2D eigenvalue weighted by Gasteiger charge is -2.17. The van der Waals surface area contributed by atoms with Gasteiger partial charge in [-0.25, -0.2) is 0 Å². The molecule has 0 saturated heterocycles. The number of terminal acetylenes is 1. The highest BCUT2D eigenvalue weighted by molar-refractivity contribution is 7.99. The summed E-state index contributed by atoms with van der Waals surface area (Å²) < 4.78 is 13.1. The Kier molecular flexibility index (Phi) is 7.73. The summed E-state index contributed by atoms with van der Waals surface area (Å²) in [5.74, 6) is 4.11. The summed E-state index contributed by atoms with van der Waals surface area (Å²) in [4.78, 5) is 11.1. The first-order chi connectivity index (χ1) is 15.4. The molecule has 32 heavy (non-hydrogen) atoms. The summed E-state index contributed by atoms with van der Waals surface area (Å²) in [5.41, 5.74) is 2.72. The molecule has 0 aliphatic rings. The second-order valence-corrected chi connectivity index (χ2v) is 8.13. The van der Waals surface area contributed by atoms with Crippen LogP contribution in [0.25, 0.3) is 5.69 Å². The molecule has 166 valence electrons. The van der Waals surface area contributed by atoms with Gasteiger partial charge < -0.3 is 9.47 Å². The van der Waals surface area contributed by atoms with Crippen LogP contribution in [0, 0.1) is 36.3 Å². The van der Waals surface area contributed by atoms with E-state index in [0.29, 0.717) is 29.1 Å². The summed E-state index contributed by atoms with van der Waals surface area (Å²) in [6.45, 7) is 5.95. The number of rotatable bonds is 10. The normalized spacial score (nSPS) is 11.6. The standard InChI is InChI=1S/C23H24N4O4S/c1-5-12-31-20-11-10-18(14-21(20)30-6-2)22(15-26(28)29)32-23-25-24-17(4)27(23)19-9-7-8-16(3)13-19/h1,7-11,13-14,22H,6,12,15H2,2-4H3/t22-/m0/s1. The molecule has 0 N–H and O–H groups in total. The van der Waals surface area contributed by atoms with Crippen LogP contribution in [0.15, 0.2) is 47.6 Å². The third-order valence-corrected chi connectivity index (χ3v) is 5.75. The van der Waals surface area contributed by atoms with Crippen LogP contribution in [0.5, 0.6) is 11.5 Å². The van der Waals surface area contributed by atoms with Crippen molar-refractivity contribution in [1.29, 1.82) is 0 Å². The van der Waals surface area contributed by atoms with Crippen molar-refractivity contribution in [3.63, 3.8) is 0 Å². The topological polar surface area (TPSA) is 92.3 Å². The zero-order chi connectivity index (χ0) is 23.1. The zero-order valence-corrected chi connectivity index (χ0v) is 19.0. The summed E-state index contributed by atoms with van der Waals surface area (Å²) >= 11 is 1.29. The fraction of sp³-hybridized carbons (Fsp3) is 0.304. The van der Waals surface area contributed by atoms with Crippen LogP contribution in [0.1, 0.15) is 29.1 Å². The van der Waals surface area contributed by atoms with Gasteiger partial charge in [0.05, 0.1) is 6.61 Å². The van der Waals surface area contributed by atoms with E-state index in [9.17, 15) is 10.1 Å². The third kappa shape index (κ3) is 5.59. The van der Waals surface area contributed by atoms with Crippen molar-refractivity contribution in [2.75, 3.05) is 19.8 Å². The molecule has 1 atom stereocenters. The van der Waals surface area contributed by atoms with Crippen molar-refractivity contribution in [3.05, 3.63) is 69.5 Å². The highest BCUT2D eigenvalue weighted by Gasteiger charge is 2.25. The van der Waals surface area contributed by atoms with Gasteiger partial charge in [0, 0.05) is 10.6 Å². The van der Waals surface area contributed by atoms with E-state index >= 15 is 0 Å². The second-order valence-electron chi connectivity index (χ2n) is 6.96. The molecule has 0 aliphatic carbocycles. The first-order valence-electron chi connectivity index (χ1n) is 10.0. The van der Waals surface area contributed by atoms with E-state index in [0.717, 1.165) is 16.8 Å². The first-order valence-corrected chi connectivity index (χ1v) is 10.9. The molecule has 0 amide bonds. The Morgan fingerprint density at radius 3 is 2.69 bits per heavy atom. The average Bonchev–Trinajstić information content (AvgIpc) is 3.12. The smallest absolute Gasteiger partial charge is 0.220 e. The van der Waals surface area contributed by atoms with E-state index in [2.05, 4.69) is 16.1 Å². The fourth-order valence-electron chi connectivity index (χ4n) is 3.19. The Bertz CT molecular complexity index is 1140. The van der Waals surface area contributed by atoms with Crippen molar-refractivity contribution in [1.82, 2.24) is 14.8 Å². The van der Waals surface area contributed by atoms with Gasteiger partial charge in [-0.3, -0.25) is 14.7 Å². The van der Waals surface area contributed by atoms with E-state index in [-0.39, 0.29) is 18.1 Å². The SMILES string of the molecule is C#CCOc1ccc([C@H](C[N+](=O)[O-])Sc2nnc(C)n2-c2cccc(C)c2)cc1OCC. The quantitative estimate of drug-likeness (QED) is 0.195. The molecule has 0 spiro atoms. The van der Waals surface area contributed by atoms with Crippen molar-refractivity contribution in [2.45, 2.75) is 31.2 Å². The minimum Gasteiger partial charge on any atom is -0.490 e. The van der Waals surface area contributed by atoms with Crippen LogP contribution in [0.2, 0.25) is 0 Å². The van der Waals surface area contributed by atoms with Crippen LogP contribution < -0.4 is 9.47 Å².